The van der Waals surface area contributed by atoms with Crippen LogP contribution in [0.25, 0.3) is 0 Å². The van der Waals surface area contributed by atoms with Crippen molar-refractivity contribution in [3.05, 3.63) is 0 Å². The molecular formula is C12H21N7O. The summed E-state index contributed by atoms with van der Waals surface area (Å²) in [5.74, 6) is 0.265. The van der Waals surface area contributed by atoms with Crippen molar-refractivity contribution in [2.75, 3.05) is 31.5 Å². The number of likely N-dealkylation sites (tertiary alicyclic amines) is 2. The van der Waals surface area contributed by atoms with Crippen molar-refractivity contribution >= 4 is 12.0 Å². The summed E-state index contributed by atoms with van der Waals surface area (Å²) in [6.07, 6.45) is 4.81. The predicted molar refractivity (Wildman–Crippen MR) is 73.2 cm³/mol. The number of amides is 2. The van der Waals surface area contributed by atoms with Crippen molar-refractivity contribution < 1.29 is 4.79 Å². The van der Waals surface area contributed by atoms with E-state index >= 15 is 0 Å². The fraction of sp³-hybridized carbons (Fsp3) is 0.833. The Kier molecular flexibility index (Phi) is 3.81. The zero-order valence-corrected chi connectivity index (χ0v) is 11.8. The lowest BCUT2D eigenvalue weighted by Gasteiger charge is -2.37. The monoisotopic (exact) mass is 279 g/mol. The van der Waals surface area contributed by atoms with Crippen molar-refractivity contribution in [1.29, 1.82) is 0 Å². The van der Waals surface area contributed by atoms with E-state index in [1.165, 1.54) is 37.1 Å². The molecule has 0 spiro atoms. The van der Waals surface area contributed by atoms with Gasteiger partial charge in [0, 0.05) is 19.1 Å². The molecule has 8 nitrogen and oxygen atoms in total. The van der Waals surface area contributed by atoms with E-state index in [1.807, 2.05) is 4.90 Å². The Balaban J connectivity index is 1.57. The molecule has 0 aromatic carbocycles. The van der Waals surface area contributed by atoms with Gasteiger partial charge in [0.15, 0.2) is 0 Å². The lowest BCUT2D eigenvalue weighted by molar-refractivity contribution is 0.131. The van der Waals surface area contributed by atoms with Gasteiger partial charge in [-0.05, 0) is 44.0 Å². The summed E-state index contributed by atoms with van der Waals surface area (Å²) in [5.41, 5.74) is 0. The molecule has 1 aromatic heterocycles. The van der Waals surface area contributed by atoms with Gasteiger partial charge in [-0.3, -0.25) is 10.2 Å². The average Bonchev–Trinajstić information content (AvgIpc) is 3.11. The Morgan fingerprint density at radius 2 is 2.05 bits per heavy atom. The highest BCUT2D eigenvalue weighted by Gasteiger charge is 2.29. The Labute approximate surface area is 118 Å². The molecule has 1 aromatic rings. The van der Waals surface area contributed by atoms with E-state index in [0.717, 1.165) is 19.5 Å². The maximum absolute atomic E-state index is 12.2. The number of piperidine rings is 1. The number of hydrogen-bond acceptors (Lipinski definition) is 5. The number of urea groups is 1. The van der Waals surface area contributed by atoms with E-state index in [1.54, 1.807) is 7.05 Å². The molecule has 2 aliphatic heterocycles. The number of aromatic nitrogens is 4. The smallest absolute Gasteiger partial charge is 0.323 e. The number of nitrogens with one attached hydrogen (secondary N) is 1. The minimum atomic E-state index is -0.123. The zero-order valence-electron chi connectivity index (χ0n) is 11.8. The molecule has 2 saturated heterocycles. The molecule has 1 unspecified atom stereocenters. The zero-order chi connectivity index (χ0) is 13.9. The van der Waals surface area contributed by atoms with Gasteiger partial charge in [-0.2, -0.15) is 4.80 Å². The lowest BCUT2D eigenvalue weighted by atomic mass is 10.0. The fourth-order valence-corrected chi connectivity index (χ4v) is 3.05. The molecule has 0 radical (unpaired) electrons. The van der Waals surface area contributed by atoms with Gasteiger partial charge in [-0.1, -0.05) is 5.10 Å². The van der Waals surface area contributed by atoms with Crippen molar-refractivity contribution in [3.8, 4) is 0 Å². The molecule has 0 saturated carbocycles. The van der Waals surface area contributed by atoms with Crippen LogP contribution < -0.4 is 5.32 Å². The van der Waals surface area contributed by atoms with Gasteiger partial charge in [-0.15, -0.1) is 5.10 Å². The van der Waals surface area contributed by atoms with Gasteiger partial charge in [0.05, 0.1) is 7.05 Å². The van der Waals surface area contributed by atoms with Crippen LogP contribution in [0.5, 0.6) is 0 Å². The SMILES string of the molecule is Cn1nnc(NC(=O)N2CCCC(N3CCCC3)C2)n1. The average molecular weight is 279 g/mol. The first-order valence-corrected chi connectivity index (χ1v) is 7.26. The van der Waals surface area contributed by atoms with Crippen molar-refractivity contribution in [1.82, 2.24) is 30.0 Å². The van der Waals surface area contributed by atoms with E-state index in [2.05, 4.69) is 25.6 Å². The number of aryl methyl sites for hydroxylation is 1. The highest BCUT2D eigenvalue weighted by molar-refractivity contribution is 5.87. The van der Waals surface area contributed by atoms with Gasteiger partial charge >= 0.3 is 6.03 Å². The predicted octanol–water partition coefficient (Wildman–Crippen LogP) is 0.302. The van der Waals surface area contributed by atoms with Gasteiger partial charge in [-0.25, -0.2) is 4.79 Å². The summed E-state index contributed by atoms with van der Waals surface area (Å²) in [6.45, 7) is 3.94. The third-order valence-electron chi connectivity index (χ3n) is 4.07. The summed E-state index contributed by atoms with van der Waals surface area (Å²) < 4.78 is 0. The molecule has 3 rings (SSSR count). The molecular weight excluding hydrogens is 258 g/mol. The third-order valence-corrected chi connectivity index (χ3v) is 4.07. The lowest BCUT2D eigenvalue weighted by Crippen LogP contribution is -2.50. The van der Waals surface area contributed by atoms with Crippen LogP contribution in [0.1, 0.15) is 25.7 Å². The second kappa shape index (κ2) is 5.74. The minimum absolute atomic E-state index is 0.123. The van der Waals surface area contributed by atoms with E-state index in [-0.39, 0.29) is 12.0 Å². The first-order chi connectivity index (χ1) is 9.72. The van der Waals surface area contributed by atoms with Crippen LogP contribution in [0, 0.1) is 0 Å². The summed E-state index contributed by atoms with van der Waals surface area (Å²) in [6, 6.07) is 0.383. The van der Waals surface area contributed by atoms with Crippen molar-refractivity contribution in [2.24, 2.45) is 7.05 Å². The molecule has 20 heavy (non-hydrogen) atoms. The Bertz CT molecular complexity index is 468. The van der Waals surface area contributed by atoms with E-state index in [0.29, 0.717) is 6.04 Å². The summed E-state index contributed by atoms with van der Waals surface area (Å²) in [7, 11) is 1.67. The van der Waals surface area contributed by atoms with E-state index in [4.69, 9.17) is 0 Å². The fourth-order valence-electron chi connectivity index (χ4n) is 3.05. The molecule has 0 bridgehead atoms. The molecule has 110 valence electrons. The van der Waals surface area contributed by atoms with Gasteiger partial charge < -0.3 is 4.90 Å². The molecule has 2 amide bonds. The topological polar surface area (TPSA) is 79.2 Å². The second-order valence-electron chi connectivity index (χ2n) is 5.52. The van der Waals surface area contributed by atoms with Crippen molar-refractivity contribution in [3.63, 3.8) is 0 Å². The molecule has 0 aliphatic carbocycles. The van der Waals surface area contributed by atoms with Crippen LogP contribution >= 0.6 is 0 Å². The number of carbonyl (C=O) groups is 1. The molecule has 3 heterocycles. The molecule has 1 N–H and O–H groups in total. The van der Waals surface area contributed by atoms with Crippen molar-refractivity contribution in [2.45, 2.75) is 31.7 Å². The summed E-state index contributed by atoms with van der Waals surface area (Å²) in [4.78, 5) is 17.9. The number of tetrazole rings is 1. The van der Waals surface area contributed by atoms with Crippen LogP contribution in [0.3, 0.4) is 0 Å². The van der Waals surface area contributed by atoms with Gasteiger partial charge in [0.2, 0.25) is 0 Å². The van der Waals surface area contributed by atoms with Gasteiger partial charge in [0.25, 0.3) is 5.95 Å². The standard InChI is InChI=1S/C12H21N7O/c1-17-15-11(14-16-17)13-12(20)19-8-4-5-10(9-19)18-6-2-3-7-18/h10H,2-9H2,1H3,(H,13,15,20). The maximum Gasteiger partial charge on any atom is 0.324 e. The number of nitrogens with zero attached hydrogens (tertiary/aromatic N) is 6. The van der Waals surface area contributed by atoms with Crippen LogP contribution in [-0.4, -0.2) is 68.3 Å². The number of carbonyl (C=O) groups excluding carboxylic acids is 1. The quantitative estimate of drug-likeness (QED) is 0.842. The molecule has 1 atom stereocenters. The van der Waals surface area contributed by atoms with E-state index in [9.17, 15) is 4.79 Å². The molecule has 2 fully saturated rings. The van der Waals surface area contributed by atoms with Crippen LogP contribution in [0.15, 0.2) is 0 Å². The first kappa shape index (κ1) is 13.3. The number of anilines is 1. The highest BCUT2D eigenvalue weighted by atomic mass is 16.2. The first-order valence-electron chi connectivity index (χ1n) is 7.26. The number of rotatable bonds is 2. The Hall–Kier alpha value is -1.70. The third kappa shape index (κ3) is 2.90. The second-order valence-corrected chi connectivity index (χ2v) is 5.52. The Morgan fingerprint density at radius 3 is 2.75 bits per heavy atom. The normalized spacial score (nSPS) is 24.1. The van der Waals surface area contributed by atoms with Crippen LogP contribution in [-0.2, 0) is 7.05 Å². The molecule has 8 heteroatoms. The van der Waals surface area contributed by atoms with Gasteiger partial charge in [0.1, 0.15) is 0 Å². The van der Waals surface area contributed by atoms with E-state index < -0.39 is 0 Å². The summed E-state index contributed by atoms with van der Waals surface area (Å²) in [5, 5.41) is 14.2. The largest absolute Gasteiger partial charge is 0.324 e. The maximum atomic E-state index is 12.2. The Morgan fingerprint density at radius 1 is 1.25 bits per heavy atom. The molecule has 2 aliphatic rings. The van der Waals surface area contributed by atoms with Crippen LogP contribution in [0.2, 0.25) is 0 Å². The highest BCUT2D eigenvalue weighted by Crippen LogP contribution is 2.20. The summed E-state index contributed by atoms with van der Waals surface area (Å²) >= 11 is 0. The number of hydrogen-bond donors (Lipinski definition) is 1. The van der Waals surface area contributed by atoms with Crippen LogP contribution in [0.4, 0.5) is 10.7 Å². The minimum Gasteiger partial charge on any atom is -0.323 e.